The van der Waals surface area contributed by atoms with E-state index in [0.717, 1.165) is 27.9 Å². The Morgan fingerprint density at radius 3 is 1.60 bits per heavy atom. The lowest BCUT2D eigenvalue weighted by molar-refractivity contribution is 1.14. The fourth-order valence-electron chi connectivity index (χ4n) is 7.68. The van der Waals surface area contributed by atoms with Gasteiger partial charge < -0.3 is 4.57 Å². The number of benzene rings is 7. The minimum absolute atomic E-state index is 0.959. The molecular weight excluding hydrogens is 607 g/mol. The number of para-hydroxylation sites is 1. The van der Waals surface area contributed by atoms with E-state index in [0.29, 0.717) is 0 Å². The van der Waals surface area contributed by atoms with Crippen LogP contribution in [0.2, 0.25) is 0 Å². The number of hydrogen-bond acceptors (Lipinski definition) is 1. The van der Waals surface area contributed by atoms with Crippen LogP contribution >= 0.6 is 0 Å². The third-order valence-corrected chi connectivity index (χ3v) is 10.0. The average molecular weight is 638 g/mol. The highest BCUT2D eigenvalue weighted by molar-refractivity contribution is 6.17. The summed E-state index contributed by atoms with van der Waals surface area (Å²) in [6, 6.07) is 65.4. The van der Waals surface area contributed by atoms with Crippen LogP contribution in [0.5, 0.6) is 0 Å². The molecule has 0 fully saturated rings. The Labute approximate surface area is 290 Å². The number of hydrogen-bond donors (Lipinski definition) is 0. The van der Waals surface area contributed by atoms with Gasteiger partial charge in [0, 0.05) is 39.1 Å². The van der Waals surface area contributed by atoms with Gasteiger partial charge in [-0.15, -0.1) is 0 Å². The highest BCUT2D eigenvalue weighted by atomic mass is 15.0. The molecule has 0 atom stereocenters. The van der Waals surface area contributed by atoms with Crippen molar-refractivity contribution in [3.8, 4) is 44.8 Å². The van der Waals surface area contributed by atoms with Gasteiger partial charge in [0.05, 0.1) is 16.6 Å². The largest absolute Gasteiger partial charge is 0.309 e. The Hall–Kier alpha value is -6.71. The molecule has 234 valence electrons. The molecule has 3 aromatic heterocycles. The Morgan fingerprint density at radius 2 is 0.900 bits per heavy atom. The van der Waals surface area contributed by atoms with Crippen LogP contribution in [0.25, 0.3) is 88.5 Å². The maximum atomic E-state index is 4.89. The van der Waals surface area contributed by atoms with Crippen LogP contribution in [0, 0.1) is 0 Å². The molecule has 10 rings (SSSR count). The minimum atomic E-state index is 0.959. The van der Waals surface area contributed by atoms with Crippen LogP contribution in [0.4, 0.5) is 0 Å². The number of fused-ring (bicyclic) bond motifs is 6. The van der Waals surface area contributed by atoms with Crippen LogP contribution in [-0.4, -0.2) is 14.1 Å². The molecule has 0 N–H and O–H groups in total. The molecule has 0 saturated heterocycles. The Bertz CT molecular complexity index is 2830. The first-order valence-electron chi connectivity index (χ1n) is 17.1. The van der Waals surface area contributed by atoms with Gasteiger partial charge in [0.1, 0.15) is 5.65 Å². The van der Waals surface area contributed by atoms with E-state index in [2.05, 4.69) is 185 Å². The monoisotopic (exact) mass is 637 g/mol. The standard InChI is InChI=1S/C47H31N3/c1-3-11-32(12-4-1)34-20-25-37(26-21-34)49-43-18-8-7-15-42(43)46-39(16-9-19-44(46)49)36-24-29-40-41-17-10-30-48-47(41)50(45(40)31-36)38-27-22-35(23-28-38)33-13-5-2-6-14-33/h1-31H. The summed E-state index contributed by atoms with van der Waals surface area (Å²) < 4.78 is 4.71. The van der Waals surface area contributed by atoms with Crippen molar-refractivity contribution < 1.29 is 0 Å². The molecule has 0 aliphatic heterocycles. The summed E-state index contributed by atoms with van der Waals surface area (Å²) in [5.74, 6) is 0. The predicted octanol–water partition coefficient (Wildman–Crippen LogP) is 12.3. The maximum Gasteiger partial charge on any atom is 0.145 e. The fourth-order valence-corrected chi connectivity index (χ4v) is 7.68. The zero-order chi connectivity index (χ0) is 33.0. The van der Waals surface area contributed by atoms with Crippen molar-refractivity contribution in [2.75, 3.05) is 0 Å². The van der Waals surface area contributed by atoms with Gasteiger partial charge in [-0.05, 0) is 88.0 Å². The van der Waals surface area contributed by atoms with Gasteiger partial charge in [-0.2, -0.15) is 0 Å². The van der Waals surface area contributed by atoms with Crippen molar-refractivity contribution in [3.05, 3.63) is 188 Å². The predicted molar refractivity (Wildman–Crippen MR) is 209 cm³/mol. The first-order valence-corrected chi connectivity index (χ1v) is 17.1. The third-order valence-electron chi connectivity index (χ3n) is 10.0. The van der Waals surface area contributed by atoms with Gasteiger partial charge in [0.15, 0.2) is 0 Å². The van der Waals surface area contributed by atoms with Crippen LogP contribution in [0.1, 0.15) is 0 Å². The molecule has 0 bridgehead atoms. The molecule has 0 aliphatic rings. The van der Waals surface area contributed by atoms with Crippen LogP contribution < -0.4 is 0 Å². The Morgan fingerprint density at radius 1 is 0.340 bits per heavy atom. The van der Waals surface area contributed by atoms with Crippen molar-refractivity contribution >= 4 is 43.7 Å². The number of nitrogens with zero attached hydrogens (tertiary/aromatic N) is 3. The lowest BCUT2D eigenvalue weighted by Gasteiger charge is -2.11. The summed E-state index contributed by atoms with van der Waals surface area (Å²) in [7, 11) is 0. The second-order valence-corrected chi connectivity index (χ2v) is 12.8. The molecule has 0 radical (unpaired) electrons. The topological polar surface area (TPSA) is 22.8 Å². The summed E-state index contributed by atoms with van der Waals surface area (Å²) in [6.07, 6.45) is 1.89. The molecule has 7 aromatic carbocycles. The molecule has 10 aromatic rings. The van der Waals surface area contributed by atoms with Gasteiger partial charge in [0.25, 0.3) is 0 Å². The molecule has 0 spiro atoms. The van der Waals surface area contributed by atoms with E-state index in [1.807, 2.05) is 12.3 Å². The molecule has 50 heavy (non-hydrogen) atoms. The lowest BCUT2D eigenvalue weighted by Crippen LogP contribution is -1.95. The van der Waals surface area contributed by atoms with E-state index in [-0.39, 0.29) is 0 Å². The van der Waals surface area contributed by atoms with Crippen LogP contribution in [0.15, 0.2) is 188 Å². The molecular formula is C47H31N3. The lowest BCUT2D eigenvalue weighted by atomic mass is 9.98. The van der Waals surface area contributed by atoms with E-state index in [1.165, 1.54) is 60.6 Å². The van der Waals surface area contributed by atoms with Gasteiger partial charge in [0.2, 0.25) is 0 Å². The summed E-state index contributed by atoms with van der Waals surface area (Å²) in [6.45, 7) is 0. The molecule has 3 heterocycles. The summed E-state index contributed by atoms with van der Waals surface area (Å²) in [5.41, 5.74) is 13.9. The number of rotatable bonds is 5. The SMILES string of the molecule is c1ccc(-c2ccc(-n3c4ccccc4c4c(-c5ccc6c7cccnc7n(-c7ccc(-c8ccccc8)cc7)c6c5)cccc43)cc2)cc1. The van der Waals surface area contributed by atoms with Gasteiger partial charge in [-0.1, -0.05) is 127 Å². The Kier molecular flexibility index (Phi) is 6.49. The first kappa shape index (κ1) is 28.3. The van der Waals surface area contributed by atoms with E-state index in [9.17, 15) is 0 Å². The fraction of sp³-hybridized carbons (Fsp3) is 0. The van der Waals surface area contributed by atoms with Crippen molar-refractivity contribution in [1.82, 2.24) is 14.1 Å². The maximum absolute atomic E-state index is 4.89. The van der Waals surface area contributed by atoms with Gasteiger partial charge in [-0.25, -0.2) is 4.98 Å². The van der Waals surface area contributed by atoms with Crippen molar-refractivity contribution in [3.63, 3.8) is 0 Å². The Balaban J connectivity index is 1.16. The number of pyridine rings is 1. The van der Waals surface area contributed by atoms with Crippen molar-refractivity contribution in [2.45, 2.75) is 0 Å². The average Bonchev–Trinajstić information content (AvgIpc) is 3.71. The van der Waals surface area contributed by atoms with Crippen LogP contribution in [0.3, 0.4) is 0 Å². The van der Waals surface area contributed by atoms with Crippen LogP contribution in [-0.2, 0) is 0 Å². The van der Waals surface area contributed by atoms with Crippen molar-refractivity contribution in [2.24, 2.45) is 0 Å². The van der Waals surface area contributed by atoms with E-state index >= 15 is 0 Å². The van der Waals surface area contributed by atoms with Crippen molar-refractivity contribution in [1.29, 1.82) is 0 Å². The molecule has 3 heteroatoms. The number of aromatic nitrogens is 3. The normalized spacial score (nSPS) is 11.6. The zero-order valence-electron chi connectivity index (χ0n) is 27.2. The zero-order valence-corrected chi connectivity index (χ0v) is 27.2. The molecule has 0 amide bonds. The summed E-state index contributed by atoms with van der Waals surface area (Å²) in [4.78, 5) is 4.89. The van der Waals surface area contributed by atoms with Gasteiger partial charge in [-0.3, -0.25) is 4.57 Å². The smallest absolute Gasteiger partial charge is 0.145 e. The molecule has 3 nitrogen and oxygen atoms in total. The van der Waals surface area contributed by atoms with Gasteiger partial charge >= 0.3 is 0 Å². The molecule has 0 saturated carbocycles. The molecule has 0 unspecified atom stereocenters. The van der Waals surface area contributed by atoms with E-state index < -0.39 is 0 Å². The highest BCUT2D eigenvalue weighted by Crippen LogP contribution is 2.41. The quantitative estimate of drug-likeness (QED) is 0.184. The first-order chi connectivity index (χ1) is 24.8. The molecule has 0 aliphatic carbocycles. The summed E-state index contributed by atoms with van der Waals surface area (Å²) >= 11 is 0. The minimum Gasteiger partial charge on any atom is -0.309 e. The summed E-state index contributed by atoms with van der Waals surface area (Å²) in [5, 5.41) is 4.83. The second-order valence-electron chi connectivity index (χ2n) is 12.8. The highest BCUT2D eigenvalue weighted by Gasteiger charge is 2.19. The van der Waals surface area contributed by atoms with E-state index in [4.69, 9.17) is 4.98 Å². The third kappa shape index (κ3) is 4.48. The van der Waals surface area contributed by atoms with E-state index in [1.54, 1.807) is 0 Å². The second kappa shape index (κ2) is 11.5.